The number of rotatable bonds is 4. The van der Waals surface area contributed by atoms with E-state index in [2.05, 4.69) is 11.4 Å². The van der Waals surface area contributed by atoms with Crippen LogP contribution in [-0.2, 0) is 0 Å². The minimum absolute atomic E-state index is 0.880. The van der Waals surface area contributed by atoms with Gasteiger partial charge < -0.3 is 5.32 Å². The quantitative estimate of drug-likeness (QED) is 0.695. The van der Waals surface area contributed by atoms with Gasteiger partial charge in [-0.05, 0) is 63.3 Å². The second kappa shape index (κ2) is 4.29. The molecule has 0 radical (unpaired) electrons. The highest BCUT2D eigenvalue weighted by Gasteiger charge is 2.38. The average Bonchev–Trinajstić information content (AvgIpc) is 2.93. The van der Waals surface area contributed by atoms with E-state index in [1.54, 1.807) is 5.57 Å². The van der Waals surface area contributed by atoms with Gasteiger partial charge in [0.2, 0.25) is 0 Å². The normalized spacial score (nSPS) is 38.7. The Labute approximate surface area is 93.3 Å². The third-order valence-corrected chi connectivity index (χ3v) is 4.73. The fourth-order valence-corrected chi connectivity index (χ4v) is 3.88. The molecule has 2 saturated carbocycles. The fraction of sp³-hybridized carbons (Fsp3) is 0.857. The lowest BCUT2D eigenvalue weighted by molar-refractivity contribution is 0.353. The molecule has 3 aliphatic carbocycles. The maximum Gasteiger partial charge on any atom is 0.00981 e. The molecule has 0 aromatic heterocycles. The van der Waals surface area contributed by atoms with Gasteiger partial charge in [-0.15, -0.1) is 0 Å². The van der Waals surface area contributed by atoms with E-state index in [4.69, 9.17) is 0 Å². The number of hydrogen-bond donors (Lipinski definition) is 1. The van der Waals surface area contributed by atoms with Crippen LogP contribution in [-0.4, -0.2) is 12.6 Å². The third kappa shape index (κ3) is 2.13. The summed E-state index contributed by atoms with van der Waals surface area (Å²) >= 11 is 0. The molecule has 2 bridgehead atoms. The number of nitrogens with one attached hydrogen (secondary N) is 1. The van der Waals surface area contributed by atoms with Crippen LogP contribution in [0.2, 0.25) is 0 Å². The molecule has 84 valence electrons. The largest absolute Gasteiger partial charge is 0.313 e. The Morgan fingerprint density at radius 1 is 1.27 bits per heavy atom. The first kappa shape index (κ1) is 9.89. The highest BCUT2D eigenvalue weighted by molar-refractivity contribution is 5.07. The summed E-state index contributed by atoms with van der Waals surface area (Å²) in [6.07, 6.45) is 13.9. The van der Waals surface area contributed by atoms with Gasteiger partial charge in [0.15, 0.2) is 0 Å². The highest BCUT2D eigenvalue weighted by atomic mass is 14.9. The van der Waals surface area contributed by atoms with Crippen molar-refractivity contribution in [3.05, 3.63) is 11.6 Å². The Bertz CT molecular complexity index is 256. The first-order chi connectivity index (χ1) is 7.42. The van der Waals surface area contributed by atoms with Gasteiger partial charge in [0.25, 0.3) is 0 Å². The number of allylic oxidation sites excluding steroid dienone is 1. The van der Waals surface area contributed by atoms with Crippen LogP contribution in [0.1, 0.15) is 51.4 Å². The van der Waals surface area contributed by atoms with Gasteiger partial charge in [-0.2, -0.15) is 0 Å². The average molecular weight is 205 g/mol. The van der Waals surface area contributed by atoms with Crippen molar-refractivity contribution in [3.63, 3.8) is 0 Å². The second-order valence-corrected chi connectivity index (χ2v) is 5.74. The molecule has 2 fully saturated rings. The predicted molar refractivity (Wildman–Crippen MR) is 63.8 cm³/mol. The number of fused-ring (bicyclic) bond motifs is 2. The summed E-state index contributed by atoms with van der Waals surface area (Å²) < 4.78 is 0. The lowest BCUT2D eigenvalue weighted by Crippen LogP contribution is -2.34. The SMILES string of the molecule is C1=C(CCNC2CC3CCC2C3)CCC1. The van der Waals surface area contributed by atoms with Gasteiger partial charge in [-0.1, -0.05) is 18.1 Å². The Morgan fingerprint density at radius 3 is 2.93 bits per heavy atom. The van der Waals surface area contributed by atoms with Gasteiger partial charge in [0, 0.05) is 6.04 Å². The molecule has 0 amide bonds. The molecule has 15 heavy (non-hydrogen) atoms. The number of hydrogen-bond acceptors (Lipinski definition) is 1. The first-order valence-corrected chi connectivity index (χ1v) is 6.83. The Morgan fingerprint density at radius 2 is 2.27 bits per heavy atom. The fourth-order valence-electron chi connectivity index (χ4n) is 3.88. The molecular weight excluding hydrogens is 182 g/mol. The van der Waals surface area contributed by atoms with Crippen LogP contribution in [0.25, 0.3) is 0 Å². The van der Waals surface area contributed by atoms with E-state index in [9.17, 15) is 0 Å². The molecule has 0 aromatic carbocycles. The second-order valence-electron chi connectivity index (χ2n) is 5.74. The molecule has 0 heterocycles. The van der Waals surface area contributed by atoms with Crippen molar-refractivity contribution in [2.45, 2.75) is 57.4 Å². The summed E-state index contributed by atoms with van der Waals surface area (Å²) in [6.45, 7) is 1.24. The molecule has 1 N–H and O–H groups in total. The smallest absolute Gasteiger partial charge is 0.00981 e. The van der Waals surface area contributed by atoms with E-state index in [1.165, 1.54) is 57.9 Å². The van der Waals surface area contributed by atoms with Gasteiger partial charge in [0.05, 0.1) is 0 Å². The van der Waals surface area contributed by atoms with E-state index in [0.717, 1.165) is 17.9 Å². The van der Waals surface area contributed by atoms with Crippen molar-refractivity contribution >= 4 is 0 Å². The zero-order valence-electron chi connectivity index (χ0n) is 9.67. The minimum Gasteiger partial charge on any atom is -0.313 e. The van der Waals surface area contributed by atoms with E-state index >= 15 is 0 Å². The molecule has 0 aliphatic heterocycles. The maximum atomic E-state index is 3.80. The molecule has 0 spiro atoms. The maximum absolute atomic E-state index is 3.80. The summed E-state index contributed by atoms with van der Waals surface area (Å²) in [5.41, 5.74) is 1.71. The van der Waals surface area contributed by atoms with Gasteiger partial charge >= 0.3 is 0 Å². The van der Waals surface area contributed by atoms with Crippen molar-refractivity contribution in [2.75, 3.05) is 6.54 Å². The summed E-state index contributed by atoms with van der Waals surface area (Å²) in [4.78, 5) is 0. The molecule has 3 atom stereocenters. The molecule has 0 saturated heterocycles. The zero-order chi connectivity index (χ0) is 10.1. The van der Waals surface area contributed by atoms with Gasteiger partial charge in [-0.25, -0.2) is 0 Å². The standard InChI is InChI=1S/C14H23N/c1-2-4-11(3-1)7-8-15-14-10-12-5-6-13(14)9-12/h3,12-15H,1-2,4-10H2. The Kier molecular flexibility index (Phi) is 2.83. The van der Waals surface area contributed by atoms with Gasteiger partial charge in [0.1, 0.15) is 0 Å². The monoisotopic (exact) mass is 205 g/mol. The van der Waals surface area contributed by atoms with Crippen molar-refractivity contribution in [1.29, 1.82) is 0 Å². The highest BCUT2D eigenvalue weighted by Crippen LogP contribution is 2.44. The van der Waals surface area contributed by atoms with Crippen LogP contribution in [0.15, 0.2) is 11.6 Å². The van der Waals surface area contributed by atoms with E-state index in [1.807, 2.05) is 0 Å². The molecule has 1 heteroatoms. The minimum atomic E-state index is 0.880. The van der Waals surface area contributed by atoms with Gasteiger partial charge in [-0.3, -0.25) is 0 Å². The van der Waals surface area contributed by atoms with E-state index < -0.39 is 0 Å². The molecule has 1 nitrogen and oxygen atoms in total. The van der Waals surface area contributed by atoms with Crippen LogP contribution < -0.4 is 5.32 Å². The molecule has 0 aromatic rings. The lowest BCUT2D eigenvalue weighted by atomic mass is 9.95. The molecule has 3 rings (SSSR count). The van der Waals surface area contributed by atoms with Crippen LogP contribution in [0.5, 0.6) is 0 Å². The first-order valence-electron chi connectivity index (χ1n) is 6.83. The van der Waals surface area contributed by atoms with Crippen molar-refractivity contribution in [1.82, 2.24) is 5.32 Å². The molecule has 3 aliphatic rings. The summed E-state index contributed by atoms with van der Waals surface area (Å²) in [5.74, 6) is 2.12. The zero-order valence-corrected chi connectivity index (χ0v) is 9.67. The Hall–Kier alpha value is -0.300. The van der Waals surface area contributed by atoms with E-state index in [-0.39, 0.29) is 0 Å². The third-order valence-electron chi connectivity index (χ3n) is 4.73. The molecule has 3 unspecified atom stereocenters. The van der Waals surface area contributed by atoms with E-state index in [0.29, 0.717) is 0 Å². The van der Waals surface area contributed by atoms with Crippen molar-refractivity contribution in [2.24, 2.45) is 11.8 Å². The summed E-state index contributed by atoms with van der Waals surface area (Å²) in [6, 6.07) is 0.880. The van der Waals surface area contributed by atoms with Crippen molar-refractivity contribution in [3.8, 4) is 0 Å². The molecular formula is C14H23N. The van der Waals surface area contributed by atoms with Crippen LogP contribution in [0.3, 0.4) is 0 Å². The lowest BCUT2D eigenvalue weighted by Gasteiger charge is -2.23. The summed E-state index contributed by atoms with van der Waals surface area (Å²) in [5, 5.41) is 3.80. The predicted octanol–water partition coefficient (Wildman–Crippen LogP) is 3.27. The van der Waals surface area contributed by atoms with Crippen LogP contribution >= 0.6 is 0 Å². The summed E-state index contributed by atoms with van der Waals surface area (Å²) in [7, 11) is 0. The Balaban J connectivity index is 1.39. The van der Waals surface area contributed by atoms with Crippen LogP contribution in [0, 0.1) is 11.8 Å². The topological polar surface area (TPSA) is 12.0 Å². The van der Waals surface area contributed by atoms with Crippen LogP contribution in [0.4, 0.5) is 0 Å². The van der Waals surface area contributed by atoms with Crippen molar-refractivity contribution < 1.29 is 0 Å².